The minimum Gasteiger partial charge on any atom is -0.486 e. The fraction of sp³-hybridized carbons (Fsp3) is 0.769. The molecule has 0 aromatic carbocycles. The van der Waals surface area contributed by atoms with Crippen LogP contribution in [0.5, 0.6) is 5.75 Å². The normalized spacial score (nSPS) is 13.0. The molecule has 0 amide bonds. The molecule has 1 N–H and O–H groups in total. The zero-order chi connectivity index (χ0) is 12.7. The lowest BCUT2D eigenvalue weighted by molar-refractivity contribution is 0.210. The standard InChI is InChI=1S/C13H25N3O/c1-5-12(6-2)14-8-11(4)17-13-9-15-16(7-3)10-13/h9-12,14H,5-8H2,1-4H3. The lowest BCUT2D eigenvalue weighted by Gasteiger charge is -2.19. The number of aryl methyl sites for hydroxylation is 1. The van der Waals surface area contributed by atoms with Crippen LogP contribution in [0.15, 0.2) is 12.4 Å². The number of rotatable bonds is 8. The molecular formula is C13H25N3O. The van der Waals surface area contributed by atoms with Crippen molar-refractivity contribution in [2.24, 2.45) is 0 Å². The van der Waals surface area contributed by atoms with Crippen molar-refractivity contribution >= 4 is 0 Å². The summed E-state index contributed by atoms with van der Waals surface area (Å²) < 4.78 is 7.66. The maximum atomic E-state index is 5.79. The average molecular weight is 239 g/mol. The van der Waals surface area contributed by atoms with Gasteiger partial charge in [0, 0.05) is 19.1 Å². The van der Waals surface area contributed by atoms with E-state index in [2.05, 4.69) is 38.1 Å². The Kier molecular flexibility index (Phi) is 6.05. The third-order valence-electron chi connectivity index (χ3n) is 2.95. The van der Waals surface area contributed by atoms with Gasteiger partial charge in [0.2, 0.25) is 0 Å². The highest BCUT2D eigenvalue weighted by Gasteiger charge is 2.08. The molecule has 0 spiro atoms. The van der Waals surface area contributed by atoms with E-state index in [-0.39, 0.29) is 6.10 Å². The van der Waals surface area contributed by atoms with E-state index in [1.165, 1.54) is 0 Å². The Hall–Kier alpha value is -1.03. The molecule has 0 aliphatic heterocycles. The fourth-order valence-corrected chi connectivity index (χ4v) is 1.76. The van der Waals surface area contributed by atoms with E-state index in [0.717, 1.165) is 31.7 Å². The molecule has 4 heteroatoms. The smallest absolute Gasteiger partial charge is 0.157 e. The molecule has 0 bridgehead atoms. The van der Waals surface area contributed by atoms with Gasteiger partial charge in [-0.15, -0.1) is 0 Å². The van der Waals surface area contributed by atoms with Crippen LogP contribution in [0, 0.1) is 0 Å². The molecule has 0 fully saturated rings. The van der Waals surface area contributed by atoms with Gasteiger partial charge in [0.25, 0.3) is 0 Å². The zero-order valence-electron chi connectivity index (χ0n) is 11.4. The summed E-state index contributed by atoms with van der Waals surface area (Å²) in [6, 6.07) is 0.597. The summed E-state index contributed by atoms with van der Waals surface area (Å²) >= 11 is 0. The van der Waals surface area contributed by atoms with Crippen LogP contribution in [0.1, 0.15) is 40.5 Å². The van der Waals surface area contributed by atoms with Crippen molar-refractivity contribution in [1.29, 1.82) is 0 Å². The molecule has 1 atom stereocenters. The summed E-state index contributed by atoms with van der Waals surface area (Å²) in [6.07, 6.45) is 6.21. The molecule has 1 rings (SSSR count). The summed E-state index contributed by atoms with van der Waals surface area (Å²) in [6.45, 7) is 10.3. The van der Waals surface area contributed by atoms with Crippen LogP contribution in [0.2, 0.25) is 0 Å². The third-order valence-corrected chi connectivity index (χ3v) is 2.95. The molecule has 0 aliphatic carbocycles. The first-order valence-electron chi connectivity index (χ1n) is 6.62. The third kappa shape index (κ3) is 4.77. The van der Waals surface area contributed by atoms with E-state index in [0.29, 0.717) is 6.04 Å². The summed E-state index contributed by atoms with van der Waals surface area (Å²) in [4.78, 5) is 0. The number of aromatic nitrogens is 2. The predicted octanol–water partition coefficient (Wildman–Crippen LogP) is 2.45. The molecule has 1 aromatic rings. The summed E-state index contributed by atoms with van der Waals surface area (Å²) in [7, 11) is 0. The first-order chi connectivity index (χ1) is 8.19. The SMILES string of the molecule is CCC(CC)NCC(C)Oc1cnn(CC)c1. The molecule has 1 aromatic heterocycles. The molecule has 1 heterocycles. The molecule has 0 saturated carbocycles. The highest BCUT2D eigenvalue weighted by Crippen LogP contribution is 2.10. The Balaban J connectivity index is 2.31. The maximum absolute atomic E-state index is 5.79. The van der Waals surface area contributed by atoms with E-state index in [4.69, 9.17) is 4.74 Å². The number of ether oxygens (including phenoxy) is 1. The van der Waals surface area contributed by atoms with Crippen LogP contribution >= 0.6 is 0 Å². The molecule has 0 saturated heterocycles. The van der Waals surface area contributed by atoms with Gasteiger partial charge in [-0.05, 0) is 26.7 Å². The van der Waals surface area contributed by atoms with E-state index in [1.807, 2.05) is 10.9 Å². The highest BCUT2D eigenvalue weighted by atomic mass is 16.5. The van der Waals surface area contributed by atoms with Crippen LogP contribution in [0.4, 0.5) is 0 Å². The van der Waals surface area contributed by atoms with E-state index in [1.54, 1.807) is 6.20 Å². The first kappa shape index (κ1) is 14.0. The number of nitrogens with zero attached hydrogens (tertiary/aromatic N) is 2. The fourth-order valence-electron chi connectivity index (χ4n) is 1.76. The maximum Gasteiger partial charge on any atom is 0.157 e. The summed E-state index contributed by atoms with van der Waals surface area (Å²) in [5.41, 5.74) is 0. The van der Waals surface area contributed by atoms with Gasteiger partial charge in [-0.25, -0.2) is 0 Å². The first-order valence-corrected chi connectivity index (χ1v) is 6.62. The Labute approximate surface area is 104 Å². The van der Waals surface area contributed by atoms with E-state index < -0.39 is 0 Å². The van der Waals surface area contributed by atoms with Gasteiger partial charge in [0.15, 0.2) is 5.75 Å². The topological polar surface area (TPSA) is 39.1 Å². The molecule has 17 heavy (non-hydrogen) atoms. The Morgan fingerprint density at radius 1 is 1.35 bits per heavy atom. The average Bonchev–Trinajstić information content (AvgIpc) is 2.78. The number of hydrogen-bond donors (Lipinski definition) is 1. The van der Waals surface area contributed by atoms with Crippen molar-refractivity contribution in [2.45, 2.75) is 59.2 Å². The lowest BCUT2D eigenvalue weighted by Crippen LogP contribution is -2.35. The van der Waals surface area contributed by atoms with Crippen molar-refractivity contribution in [3.8, 4) is 5.75 Å². The second-order valence-electron chi connectivity index (χ2n) is 4.38. The molecular weight excluding hydrogens is 214 g/mol. The summed E-state index contributed by atoms with van der Waals surface area (Å²) in [5.74, 6) is 0.852. The molecule has 1 unspecified atom stereocenters. The van der Waals surface area contributed by atoms with Gasteiger partial charge in [-0.2, -0.15) is 5.10 Å². The van der Waals surface area contributed by atoms with Crippen molar-refractivity contribution in [3.05, 3.63) is 12.4 Å². The highest BCUT2D eigenvalue weighted by molar-refractivity contribution is 5.12. The molecule has 0 aliphatic rings. The molecule has 98 valence electrons. The Morgan fingerprint density at radius 3 is 2.59 bits per heavy atom. The molecule has 0 radical (unpaired) electrons. The van der Waals surface area contributed by atoms with Gasteiger partial charge in [0.05, 0.1) is 12.4 Å². The van der Waals surface area contributed by atoms with Gasteiger partial charge in [-0.3, -0.25) is 4.68 Å². The predicted molar refractivity (Wildman–Crippen MR) is 70.4 cm³/mol. The van der Waals surface area contributed by atoms with Crippen LogP contribution in [-0.2, 0) is 6.54 Å². The zero-order valence-corrected chi connectivity index (χ0v) is 11.4. The second-order valence-corrected chi connectivity index (χ2v) is 4.38. The Bertz CT molecular complexity index is 307. The monoisotopic (exact) mass is 239 g/mol. The van der Waals surface area contributed by atoms with Crippen molar-refractivity contribution in [2.75, 3.05) is 6.54 Å². The second kappa shape index (κ2) is 7.33. The summed E-state index contributed by atoms with van der Waals surface area (Å²) in [5, 5.41) is 7.69. The van der Waals surface area contributed by atoms with Crippen LogP contribution < -0.4 is 10.1 Å². The van der Waals surface area contributed by atoms with Gasteiger partial charge >= 0.3 is 0 Å². The van der Waals surface area contributed by atoms with E-state index in [9.17, 15) is 0 Å². The van der Waals surface area contributed by atoms with Gasteiger partial charge < -0.3 is 10.1 Å². The Morgan fingerprint density at radius 2 is 2.06 bits per heavy atom. The van der Waals surface area contributed by atoms with Crippen molar-refractivity contribution in [1.82, 2.24) is 15.1 Å². The van der Waals surface area contributed by atoms with Gasteiger partial charge in [-0.1, -0.05) is 13.8 Å². The lowest BCUT2D eigenvalue weighted by atomic mass is 10.1. The van der Waals surface area contributed by atoms with E-state index >= 15 is 0 Å². The van der Waals surface area contributed by atoms with Crippen molar-refractivity contribution < 1.29 is 4.74 Å². The largest absolute Gasteiger partial charge is 0.486 e. The van der Waals surface area contributed by atoms with Crippen LogP contribution in [0.3, 0.4) is 0 Å². The quantitative estimate of drug-likeness (QED) is 0.757. The minimum absolute atomic E-state index is 0.171. The van der Waals surface area contributed by atoms with Crippen LogP contribution in [0.25, 0.3) is 0 Å². The number of hydrogen-bond acceptors (Lipinski definition) is 3. The molecule has 4 nitrogen and oxygen atoms in total. The van der Waals surface area contributed by atoms with Gasteiger partial charge in [0.1, 0.15) is 6.10 Å². The van der Waals surface area contributed by atoms with Crippen LogP contribution in [-0.4, -0.2) is 28.5 Å². The number of nitrogens with one attached hydrogen (secondary N) is 1. The minimum atomic E-state index is 0.171. The van der Waals surface area contributed by atoms with Crippen molar-refractivity contribution in [3.63, 3.8) is 0 Å².